The van der Waals surface area contributed by atoms with Gasteiger partial charge in [0.1, 0.15) is 11.3 Å². The van der Waals surface area contributed by atoms with Crippen LogP contribution in [0.25, 0.3) is 22.3 Å². The molecule has 1 heterocycles. The van der Waals surface area contributed by atoms with E-state index in [2.05, 4.69) is 20.8 Å². The van der Waals surface area contributed by atoms with Crippen molar-refractivity contribution in [2.75, 3.05) is 5.73 Å². The number of benzene rings is 2. The lowest BCUT2D eigenvalue weighted by Gasteiger charge is -2.25. The highest BCUT2D eigenvalue weighted by Crippen LogP contribution is 2.40. The first-order valence-corrected chi connectivity index (χ1v) is 6.71. The number of fused-ring (bicyclic) bond motifs is 2. The van der Waals surface area contributed by atoms with Gasteiger partial charge in [0.05, 0.1) is 6.07 Å². The third-order valence-corrected chi connectivity index (χ3v) is 3.52. The van der Waals surface area contributed by atoms with Crippen molar-refractivity contribution in [3.63, 3.8) is 0 Å². The van der Waals surface area contributed by atoms with E-state index in [1.165, 1.54) is 5.56 Å². The van der Waals surface area contributed by atoms with E-state index in [1.54, 1.807) is 0 Å². The minimum Gasteiger partial charge on any atom is -0.456 e. The Hall–Kier alpha value is -2.29. The number of rotatable bonds is 0. The van der Waals surface area contributed by atoms with Gasteiger partial charge in [-0.1, -0.05) is 20.8 Å². The first kappa shape index (κ1) is 12.7. The summed E-state index contributed by atoms with van der Waals surface area (Å²) in [6.07, 6.45) is 0. The highest BCUT2D eigenvalue weighted by atomic mass is 16.3. The molecule has 0 aromatic heterocycles. The molecule has 3 heteroatoms. The zero-order chi connectivity index (χ0) is 14.5. The van der Waals surface area contributed by atoms with E-state index < -0.39 is 0 Å². The fraction of sp³-hybridized carbons (Fsp3) is 0.235. The quantitative estimate of drug-likeness (QED) is 0.484. The minimum atomic E-state index is -0.000486. The van der Waals surface area contributed by atoms with Gasteiger partial charge in [0.15, 0.2) is 5.36 Å². The number of anilines is 1. The largest absolute Gasteiger partial charge is 0.456 e. The van der Waals surface area contributed by atoms with Crippen molar-refractivity contribution in [1.29, 1.82) is 0 Å². The van der Waals surface area contributed by atoms with Crippen LogP contribution in [0.15, 0.2) is 40.8 Å². The Morgan fingerprint density at radius 3 is 2.50 bits per heavy atom. The van der Waals surface area contributed by atoms with Gasteiger partial charge in [0, 0.05) is 28.8 Å². The summed E-state index contributed by atoms with van der Waals surface area (Å²) in [5.74, 6) is 0.799. The predicted molar refractivity (Wildman–Crippen MR) is 81.0 cm³/mol. The predicted octanol–water partition coefficient (Wildman–Crippen LogP) is 2.08. The van der Waals surface area contributed by atoms with Crippen molar-refractivity contribution >= 4 is 16.7 Å². The molecule has 0 saturated heterocycles. The van der Waals surface area contributed by atoms with Gasteiger partial charge in [-0.15, -0.1) is 0 Å². The van der Waals surface area contributed by atoms with Crippen molar-refractivity contribution in [1.82, 2.24) is 0 Å². The monoisotopic (exact) mass is 267 g/mol. The second-order valence-electron chi connectivity index (χ2n) is 6.24. The molecule has 102 valence electrons. The van der Waals surface area contributed by atoms with Gasteiger partial charge in [-0.05, 0) is 29.2 Å². The van der Waals surface area contributed by atoms with Crippen LogP contribution in [0.4, 0.5) is 5.69 Å². The topological polar surface area (TPSA) is 64.8 Å². The van der Waals surface area contributed by atoms with Crippen LogP contribution in [-0.4, -0.2) is 0 Å². The second kappa shape index (κ2) is 4.10. The zero-order valence-corrected chi connectivity index (χ0v) is 12.0. The van der Waals surface area contributed by atoms with Crippen LogP contribution in [0.1, 0.15) is 26.3 Å². The van der Waals surface area contributed by atoms with Crippen molar-refractivity contribution in [2.45, 2.75) is 26.2 Å². The van der Waals surface area contributed by atoms with E-state index in [1.807, 2.05) is 36.4 Å². The van der Waals surface area contributed by atoms with E-state index >= 15 is 0 Å². The summed E-state index contributed by atoms with van der Waals surface area (Å²) in [5, 5.41) is 7.67. The van der Waals surface area contributed by atoms with Crippen LogP contribution < -0.4 is 16.5 Å². The molecule has 1 aliphatic heterocycles. The summed E-state index contributed by atoms with van der Waals surface area (Å²) < 4.78 is 5.98. The number of nitrogen functional groups attached to an aromatic ring is 1. The Morgan fingerprint density at radius 2 is 1.80 bits per heavy atom. The maximum absolute atomic E-state index is 5.98. The molecule has 1 aliphatic carbocycles. The van der Waals surface area contributed by atoms with E-state index in [0.717, 1.165) is 22.3 Å². The van der Waals surface area contributed by atoms with Crippen LogP contribution in [0.2, 0.25) is 0 Å². The lowest BCUT2D eigenvalue weighted by molar-refractivity contribution is -0.172. The minimum absolute atomic E-state index is 0.000486. The van der Waals surface area contributed by atoms with Gasteiger partial charge in [-0.2, -0.15) is 0 Å². The van der Waals surface area contributed by atoms with E-state index in [9.17, 15) is 0 Å². The Balaban J connectivity index is 2.56. The van der Waals surface area contributed by atoms with Crippen LogP contribution >= 0.6 is 0 Å². The molecule has 1 aromatic rings. The lowest BCUT2D eigenvalue weighted by atomic mass is 9.80. The third-order valence-electron chi connectivity index (χ3n) is 3.52. The molecule has 0 atom stereocenters. The molecule has 2 aliphatic rings. The SMILES string of the molecule is CC(C)(C)c1c2ccc(=[NH2+])cc-2oc2cc(N)ccc12. The number of hydrogen-bond donors (Lipinski definition) is 2. The number of nitrogens with two attached hydrogens (primary N) is 2. The normalized spacial score (nSPS) is 12.2. The lowest BCUT2D eigenvalue weighted by Crippen LogP contribution is -2.44. The maximum Gasteiger partial charge on any atom is 0.200 e. The molecule has 20 heavy (non-hydrogen) atoms. The van der Waals surface area contributed by atoms with Crippen molar-refractivity contribution < 1.29 is 9.83 Å². The molecule has 0 saturated carbocycles. The van der Waals surface area contributed by atoms with Gasteiger partial charge in [0.2, 0.25) is 0 Å². The van der Waals surface area contributed by atoms with Crippen molar-refractivity contribution in [2.24, 2.45) is 0 Å². The van der Waals surface area contributed by atoms with Gasteiger partial charge in [0.25, 0.3) is 0 Å². The third kappa shape index (κ3) is 1.95. The maximum atomic E-state index is 5.98. The van der Waals surface area contributed by atoms with Crippen LogP contribution in [0.5, 0.6) is 0 Å². The first-order chi connectivity index (χ1) is 9.36. The first-order valence-electron chi connectivity index (χ1n) is 6.71. The van der Waals surface area contributed by atoms with Gasteiger partial charge in [-0.3, -0.25) is 5.41 Å². The van der Waals surface area contributed by atoms with Crippen LogP contribution in [0, 0.1) is 0 Å². The fourth-order valence-electron chi connectivity index (χ4n) is 2.73. The molecule has 1 aromatic carbocycles. The van der Waals surface area contributed by atoms with E-state index in [4.69, 9.17) is 15.6 Å². The molecule has 0 radical (unpaired) electrons. The molecule has 3 nitrogen and oxygen atoms in total. The van der Waals surface area contributed by atoms with Crippen LogP contribution in [0.3, 0.4) is 0 Å². The summed E-state index contributed by atoms with van der Waals surface area (Å²) in [6, 6.07) is 11.6. The molecule has 3 rings (SSSR count). The Kier molecular flexibility index (Phi) is 2.61. The van der Waals surface area contributed by atoms with Crippen molar-refractivity contribution in [3.8, 4) is 11.3 Å². The Labute approximate surface area is 117 Å². The summed E-state index contributed by atoms with van der Waals surface area (Å²) in [5.41, 5.74) is 9.73. The molecular formula is C17H19N2O+. The van der Waals surface area contributed by atoms with Crippen LogP contribution in [-0.2, 0) is 5.41 Å². The summed E-state index contributed by atoms with van der Waals surface area (Å²) in [6.45, 7) is 6.61. The second-order valence-corrected chi connectivity index (χ2v) is 6.24. The average Bonchev–Trinajstić information content (AvgIpc) is 2.34. The highest BCUT2D eigenvalue weighted by molar-refractivity contribution is 5.90. The van der Waals surface area contributed by atoms with E-state index in [0.29, 0.717) is 11.0 Å². The smallest absolute Gasteiger partial charge is 0.200 e. The van der Waals surface area contributed by atoms with Gasteiger partial charge < -0.3 is 10.2 Å². The summed E-state index contributed by atoms with van der Waals surface area (Å²) in [4.78, 5) is 0. The van der Waals surface area contributed by atoms with Crippen molar-refractivity contribution in [3.05, 3.63) is 47.3 Å². The molecule has 4 N–H and O–H groups in total. The van der Waals surface area contributed by atoms with Gasteiger partial charge >= 0.3 is 0 Å². The Morgan fingerprint density at radius 1 is 1.05 bits per heavy atom. The average molecular weight is 267 g/mol. The molecule has 0 bridgehead atoms. The molecule has 0 unspecified atom stereocenters. The molecule has 0 fully saturated rings. The standard InChI is InChI=1S/C17H18N2O/c1-17(2,3)16-12-6-4-10(18)8-14(12)20-15-9-11(19)5-7-13(15)16/h4-9,18H,19H2,1-3H3/p+1. The highest BCUT2D eigenvalue weighted by Gasteiger charge is 2.25. The summed E-state index contributed by atoms with van der Waals surface area (Å²) >= 11 is 0. The van der Waals surface area contributed by atoms with Gasteiger partial charge in [-0.25, -0.2) is 0 Å². The molecular weight excluding hydrogens is 248 g/mol. The number of hydrogen-bond acceptors (Lipinski definition) is 2. The zero-order valence-electron chi connectivity index (χ0n) is 12.0. The molecule has 0 amide bonds. The summed E-state index contributed by atoms with van der Waals surface area (Å²) in [7, 11) is 0. The fourth-order valence-corrected chi connectivity index (χ4v) is 2.73. The van der Waals surface area contributed by atoms with E-state index in [-0.39, 0.29) is 5.41 Å². The molecule has 0 spiro atoms. The Bertz CT molecular complexity index is 825.